The van der Waals surface area contributed by atoms with Crippen LogP contribution in [0.5, 0.6) is 5.75 Å². The van der Waals surface area contributed by atoms with Gasteiger partial charge in [-0.1, -0.05) is 0 Å². The third-order valence-corrected chi connectivity index (χ3v) is 3.12. The van der Waals surface area contributed by atoms with Crippen LogP contribution in [0.2, 0.25) is 0 Å². The highest BCUT2D eigenvalue weighted by Crippen LogP contribution is 2.28. The summed E-state index contributed by atoms with van der Waals surface area (Å²) in [5, 5.41) is 23.0. The van der Waals surface area contributed by atoms with E-state index in [2.05, 4.69) is 5.32 Å². The molecule has 21 heavy (non-hydrogen) atoms. The fourth-order valence-electron chi connectivity index (χ4n) is 2.20. The van der Waals surface area contributed by atoms with E-state index in [-0.39, 0.29) is 35.3 Å². The van der Waals surface area contributed by atoms with Crippen LogP contribution in [-0.4, -0.2) is 36.3 Å². The predicted octanol–water partition coefficient (Wildman–Crippen LogP) is 1.61. The maximum absolute atomic E-state index is 11.0. The van der Waals surface area contributed by atoms with Crippen LogP contribution in [0.1, 0.15) is 19.4 Å². The molecule has 1 fully saturated rings. The summed E-state index contributed by atoms with van der Waals surface area (Å²) in [5.74, 6) is 0.144. The van der Waals surface area contributed by atoms with Crippen molar-refractivity contribution in [1.29, 1.82) is 5.26 Å². The van der Waals surface area contributed by atoms with E-state index in [4.69, 9.17) is 14.7 Å². The largest absolute Gasteiger partial charge is 0.484 e. The van der Waals surface area contributed by atoms with Gasteiger partial charge in [-0.15, -0.1) is 0 Å². The number of nitro benzene ring substituents is 1. The van der Waals surface area contributed by atoms with E-state index in [1.807, 2.05) is 19.9 Å². The number of hydrogen-bond donors (Lipinski definition) is 1. The zero-order chi connectivity index (χ0) is 15.5. The third kappa shape index (κ3) is 3.90. The normalized spacial score (nSPS) is 20.5. The molecular formula is C14H17N3O4. The molecule has 0 amide bonds. The molecule has 7 heteroatoms. The molecule has 112 valence electrons. The average molecular weight is 291 g/mol. The van der Waals surface area contributed by atoms with Gasteiger partial charge < -0.3 is 14.8 Å². The molecule has 0 aliphatic carbocycles. The summed E-state index contributed by atoms with van der Waals surface area (Å²) in [6.07, 6.45) is -0.177. The monoisotopic (exact) mass is 291 g/mol. The molecule has 0 spiro atoms. The second-order valence-corrected chi connectivity index (χ2v) is 5.49. The number of nitrogens with one attached hydrogen (secondary N) is 1. The van der Waals surface area contributed by atoms with Gasteiger partial charge in [0, 0.05) is 19.2 Å². The molecule has 1 N–H and O–H groups in total. The number of nitro groups is 1. The van der Waals surface area contributed by atoms with E-state index in [0.717, 1.165) is 6.54 Å². The Labute approximate surface area is 122 Å². The van der Waals surface area contributed by atoms with Crippen LogP contribution in [0, 0.1) is 21.4 Å². The van der Waals surface area contributed by atoms with Gasteiger partial charge in [0.25, 0.3) is 0 Å². The van der Waals surface area contributed by atoms with Gasteiger partial charge in [-0.2, -0.15) is 5.26 Å². The molecule has 1 heterocycles. The van der Waals surface area contributed by atoms with Crippen LogP contribution >= 0.6 is 0 Å². The number of rotatable bonds is 4. The second kappa shape index (κ2) is 6.08. The van der Waals surface area contributed by atoms with Gasteiger partial charge in [-0.05, 0) is 26.0 Å². The number of benzene rings is 1. The Morgan fingerprint density at radius 1 is 1.62 bits per heavy atom. The van der Waals surface area contributed by atoms with E-state index in [0.29, 0.717) is 6.54 Å². The Bertz CT molecular complexity index is 580. The maximum Gasteiger partial charge on any atom is 0.312 e. The minimum Gasteiger partial charge on any atom is -0.484 e. The number of ether oxygens (including phenoxy) is 2. The fourth-order valence-corrected chi connectivity index (χ4v) is 2.20. The summed E-state index contributed by atoms with van der Waals surface area (Å²) in [5.41, 5.74) is -0.272. The lowest BCUT2D eigenvalue weighted by molar-refractivity contribution is -0.386. The van der Waals surface area contributed by atoms with Crippen molar-refractivity contribution >= 4 is 5.69 Å². The summed E-state index contributed by atoms with van der Waals surface area (Å²) in [6, 6.07) is 6.01. The van der Waals surface area contributed by atoms with Crippen molar-refractivity contribution in [2.45, 2.75) is 25.6 Å². The van der Waals surface area contributed by atoms with Gasteiger partial charge in [-0.3, -0.25) is 10.1 Å². The van der Waals surface area contributed by atoms with Gasteiger partial charge in [0.15, 0.2) is 5.75 Å². The molecule has 0 bridgehead atoms. The lowest BCUT2D eigenvalue weighted by Gasteiger charge is -2.36. The first kappa shape index (κ1) is 15.2. The molecular weight excluding hydrogens is 274 g/mol. The topological polar surface area (TPSA) is 97.4 Å². The number of nitrogens with zero attached hydrogens (tertiary/aromatic N) is 2. The maximum atomic E-state index is 11.0. The Morgan fingerprint density at radius 3 is 3.00 bits per heavy atom. The van der Waals surface area contributed by atoms with Crippen LogP contribution in [0.15, 0.2) is 18.2 Å². The molecule has 1 unspecified atom stereocenters. The summed E-state index contributed by atoms with van der Waals surface area (Å²) in [7, 11) is 0. The van der Waals surface area contributed by atoms with Gasteiger partial charge in [0.1, 0.15) is 12.7 Å². The van der Waals surface area contributed by atoms with E-state index in [9.17, 15) is 10.1 Å². The lowest BCUT2D eigenvalue weighted by Crippen LogP contribution is -2.52. The lowest BCUT2D eigenvalue weighted by atomic mass is 10.1. The molecule has 7 nitrogen and oxygen atoms in total. The predicted molar refractivity (Wildman–Crippen MR) is 75.1 cm³/mol. The highest BCUT2D eigenvalue weighted by molar-refractivity contribution is 5.51. The summed E-state index contributed by atoms with van der Waals surface area (Å²) >= 11 is 0. The molecule has 0 radical (unpaired) electrons. The van der Waals surface area contributed by atoms with Crippen molar-refractivity contribution < 1.29 is 14.4 Å². The summed E-state index contributed by atoms with van der Waals surface area (Å²) in [4.78, 5) is 10.5. The molecule has 1 aromatic rings. The Morgan fingerprint density at radius 2 is 2.38 bits per heavy atom. The molecule has 1 aliphatic rings. The van der Waals surface area contributed by atoms with Crippen LogP contribution in [0.4, 0.5) is 5.69 Å². The molecule has 1 atom stereocenters. The Balaban J connectivity index is 2.06. The number of nitriles is 1. The van der Waals surface area contributed by atoms with Crippen LogP contribution in [0.25, 0.3) is 0 Å². The fraction of sp³-hybridized carbons (Fsp3) is 0.500. The van der Waals surface area contributed by atoms with E-state index in [1.165, 1.54) is 18.2 Å². The van der Waals surface area contributed by atoms with E-state index < -0.39 is 4.92 Å². The standard InChI is InChI=1S/C14H17N3O4/c1-14(2)9-16-7-11(21-14)8-20-13-4-3-10(6-15)5-12(13)17(18)19/h3-5,11,16H,7-9H2,1-2H3. The van der Waals surface area contributed by atoms with Crippen molar-refractivity contribution in [3.63, 3.8) is 0 Å². The van der Waals surface area contributed by atoms with Gasteiger partial charge in [-0.25, -0.2) is 0 Å². The highest BCUT2D eigenvalue weighted by atomic mass is 16.6. The summed E-state index contributed by atoms with van der Waals surface area (Å²) in [6.45, 7) is 5.53. The zero-order valence-electron chi connectivity index (χ0n) is 12.0. The van der Waals surface area contributed by atoms with Crippen LogP contribution in [-0.2, 0) is 4.74 Å². The van der Waals surface area contributed by atoms with Crippen LogP contribution < -0.4 is 10.1 Å². The Hall–Kier alpha value is -2.17. The van der Waals surface area contributed by atoms with Gasteiger partial charge in [0.05, 0.1) is 22.2 Å². The van der Waals surface area contributed by atoms with E-state index >= 15 is 0 Å². The third-order valence-electron chi connectivity index (χ3n) is 3.12. The molecule has 1 aliphatic heterocycles. The van der Waals surface area contributed by atoms with Gasteiger partial charge >= 0.3 is 5.69 Å². The molecule has 0 aromatic heterocycles. The highest BCUT2D eigenvalue weighted by Gasteiger charge is 2.29. The van der Waals surface area contributed by atoms with Gasteiger partial charge in [0.2, 0.25) is 0 Å². The zero-order valence-corrected chi connectivity index (χ0v) is 12.0. The van der Waals surface area contributed by atoms with Crippen molar-refractivity contribution in [3.8, 4) is 11.8 Å². The second-order valence-electron chi connectivity index (χ2n) is 5.49. The molecule has 0 saturated carbocycles. The molecule has 2 rings (SSSR count). The van der Waals surface area contributed by atoms with Crippen molar-refractivity contribution in [2.75, 3.05) is 19.7 Å². The SMILES string of the molecule is CC1(C)CNCC(COc2ccc(C#N)cc2[N+](=O)[O-])O1. The smallest absolute Gasteiger partial charge is 0.312 e. The first-order chi connectivity index (χ1) is 9.91. The average Bonchev–Trinajstić information content (AvgIpc) is 2.43. The van der Waals surface area contributed by atoms with Crippen molar-refractivity contribution in [1.82, 2.24) is 5.32 Å². The first-order valence-electron chi connectivity index (χ1n) is 6.61. The van der Waals surface area contributed by atoms with Crippen molar-refractivity contribution in [2.24, 2.45) is 0 Å². The molecule has 1 aromatic carbocycles. The number of morpholine rings is 1. The van der Waals surface area contributed by atoms with Crippen molar-refractivity contribution in [3.05, 3.63) is 33.9 Å². The first-order valence-corrected chi connectivity index (χ1v) is 6.61. The quantitative estimate of drug-likeness (QED) is 0.668. The van der Waals surface area contributed by atoms with Crippen LogP contribution in [0.3, 0.4) is 0 Å². The number of hydrogen-bond acceptors (Lipinski definition) is 6. The molecule has 1 saturated heterocycles. The van der Waals surface area contributed by atoms with E-state index in [1.54, 1.807) is 0 Å². The Kier molecular flexibility index (Phi) is 4.40. The summed E-state index contributed by atoms with van der Waals surface area (Å²) < 4.78 is 11.3. The minimum absolute atomic E-state index is 0.144. The minimum atomic E-state index is -0.555.